The van der Waals surface area contributed by atoms with E-state index in [1.807, 2.05) is 0 Å². The fourth-order valence-electron chi connectivity index (χ4n) is 1.44. The number of nitrogens with one attached hydrogen (secondary N) is 2. The molecule has 0 saturated heterocycles. The molecule has 0 fully saturated rings. The molecule has 0 saturated carbocycles. The van der Waals surface area contributed by atoms with Crippen LogP contribution in [0.2, 0.25) is 0 Å². The first kappa shape index (κ1) is 14.0. The molecule has 98 valence electrons. The van der Waals surface area contributed by atoms with E-state index in [9.17, 15) is 0 Å². The maximum Gasteiger partial charge on any atom is 0.315 e. The highest BCUT2D eigenvalue weighted by molar-refractivity contribution is 5.18. The molecule has 0 radical (unpaired) electrons. The lowest BCUT2D eigenvalue weighted by molar-refractivity contribution is 0.383. The van der Waals surface area contributed by atoms with Gasteiger partial charge in [-0.15, -0.1) is 5.10 Å². The molecule has 1 heterocycles. The molecule has 0 aliphatic carbocycles. The van der Waals surface area contributed by atoms with E-state index in [-0.39, 0.29) is 5.54 Å². The summed E-state index contributed by atoms with van der Waals surface area (Å²) >= 11 is 0. The standard InChI is InChI=1S/C12H24N4O/c1-6-7-9(2)14-11-16-15-10(17-11)8-13-12(3,4)5/h9,13H,6-8H2,1-5H3,(H,14,16). The summed E-state index contributed by atoms with van der Waals surface area (Å²) in [5.41, 5.74) is 0.0531. The largest absolute Gasteiger partial charge is 0.407 e. The summed E-state index contributed by atoms with van der Waals surface area (Å²) in [6.45, 7) is 11.2. The molecule has 2 N–H and O–H groups in total. The van der Waals surface area contributed by atoms with Gasteiger partial charge in [0, 0.05) is 11.6 Å². The van der Waals surface area contributed by atoms with E-state index in [1.165, 1.54) is 0 Å². The number of hydrogen-bond donors (Lipinski definition) is 2. The third-order valence-corrected chi connectivity index (χ3v) is 2.33. The van der Waals surface area contributed by atoms with Crippen LogP contribution in [0.5, 0.6) is 0 Å². The van der Waals surface area contributed by atoms with Crippen LogP contribution >= 0.6 is 0 Å². The molecule has 0 aliphatic rings. The zero-order valence-electron chi connectivity index (χ0n) is 11.5. The minimum Gasteiger partial charge on any atom is -0.407 e. The molecule has 1 aromatic heterocycles. The number of aromatic nitrogens is 2. The zero-order valence-corrected chi connectivity index (χ0v) is 11.5. The predicted octanol–water partition coefficient (Wildman–Crippen LogP) is 2.56. The van der Waals surface area contributed by atoms with Crippen LogP contribution < -0.4 is 10.6 Å². The van der Waals surface area contributed by atoms with Gasteiger partial charge in [0.2, 0.25) is 5.89 Å². The molecular weight excluding hydrogens is 216 g/mol. The van der Waals surface area contributed by atoms with Gasteiger partial charge in [-0.3, -0.25) is 0 Å². The van der Waals surface area contributed by atoms with Gasteiger partial charge < -0.3 is 15.1 Å². The van der Waals surface area contributed by atoms with Crippen LogP contribution in [-0.4, -0.2) is 21.8 Å². The maximum absolute atomic E-state index is 5.50. The van der Waals surface area contributed by atoms with Crippen molar-refractivity contribution < 1.29 is 4.42 Å². The van der Waals surface area contributed by atoms with Crippen LogP contribution in [0.3, 0.4) is 0 Å². The Labute approximate surface area is 103 Å². The predicted molar refractivity (Wildman–Crippen MR) is 68.9 cm³/mol. The van der Waals surface area contributed by atoms with Gasteiger partial charge in [-0.2, -0.15) is 0 Å². The van der Waals surface area contributed by atoms with Crippen LogP contribution in [0.1, 0.15) is 53.4 Å². The van der Waals surface area contributed by atoms with Gasteiger partial charge in [-0.05, 0) is 34.1 Å². The molecule has 0 aromatic carbocycles. The molecule has 17 heavy (non-hydrogen) atoms. The summed E-state index contributed by atoms with van der Waals surface area (Å²) in [7, 11) is 0. The first-order valence-electron chi connectivity index (χ1n) is 6.24. The van der Waals surface area contributed by atoms with Crippen LogP contribution in [0.15, 0.2) is 4.42 Å². The minimum absolute atomic E-state index is 0.0531. The van der Waals surface area contributed by atoms with E-state index < -0.39 is 0 Å². The molecule has 1 aromatic rings. The summed E-state index contributed by atoms with van der Waals surface area (Å²) < 4.78 is 5.50. The number of anilines is 1. The van der Waals surface area contributed by atoms with Crippen LogP contribution in [-0.2, 0) is 6.54 Å². The second-order valence-electron chi connectivity index (χ2n) is 5.44. The highest BCUT2D eigenvalue weighted by Crippen LogP contribution is 2.10. The van der Waals surface area contributed by atoms with E-state index in [2.05, 4.69) is 55.4 Å². The van der Waals surface area contributed by atoms with Crippen molar-refractivity contribution in [1.29, 1.82) is 0 Å². The normalized spacial score (nSPS) is 13.7. The van der Waals surface area contributed by atoms with E-state index in [1.54, 1.807) is 0 Å². The Kier molecular flexibility index (Phi) is 4.93. The lowest BCUT2D eigenvalue weighted by atomic mass is 10.1. The van der Waals surface area contributed by atoms with Gasteiger partial charge in [0.1, 0.15) is 0 Å². The first-order valence-corrected chi connectivity index (χ1v) is 6.24. The molecular formula is C12H24N4O. The molecule has 5 heteroatoms. The Hall–Kier alpha value is -1.10. The molecule has 0 bridgehead atoms. The number of nitrogens with zero attached hydrogens (tertiary/aromatic N) is 2. The Morgan fingerprint density at radius 2 is 2.00 bits per heavy atom. The van der Waals surface area contributed by atoms with E-state index in [4.69, 9.17) is 4.42 Å². The molecule has 0 aliphatic heterocycles. The summed E-state index contributed by atoms with van der Waals surface area (Å²) in [5, 5.41) is 14.5. The zero-order chi connectivity index (χ0) is 12.9. The molecule has 0 amide bonds. The van der Waals surface area contributed by atoms with Gasteiger partial charge in [0.25, 0.3) is 0 Å². The fourth-order valence-corrected chi connectivity index (χ4v) is 1.44. The number of rotatable bonds is 6. The van der Waals surface area contributed by atoms with Crippen molar-refractivity contribution >= 4 is 6.01 Å². The SMILES string of the molecule is CCCC(C)Nc1nnc(CNC(C)(C)C)o1. The summed E-state index contributed by atoms with van der Waals surface area (Å²) in [6.07, 6.45) is 2.23. The van der Waals surface area contributed by atoms with Crippen molar-refractivity contribution in [3.05, 3.63) is 5.89 Å². The van der Waals surface area contributed by atoms with Crippen molar-refractivity contribution in [3.63, 3.8) is 0 Å². The Bertz CT molecular complexity index is 329. The third-order valence-electron chi connectivity index (χ3n) is 2.33. The summed E-state index contributed by atoms with van der Waals surface area (Å²) in [6, 6.07) is 0.875. The van der Waals surface area contributed by atoms with Gasteiger partial charge >= 0.3 is 6.01 Å². The van der Waals surface area contributed by atoms with E-state index >= 15 is 0 Å². The molecule has 1 unspecified atom stereocenters. The van der Waals surface area contributed by atoms with Gasteiger partial charge in [0.15, 0.2) is 0 Å². The average Bonchev–Trinajstić information content (AvgIpc) is 2.62. The summed E-state index contributed by atoms with van der Waals surface area (Å²) in [4.78, 5) is 0. The topological polar surface area (TPSA) is 63.0 Å². The second-order valence-corrected chi connectivity index (χ2v) is 5.44. The molecule has 0 spiro atoms. The average molecular weight is 240 g/mol. The third kappa shape index (κ3) is 5.68. The Morgan fingerprint density at radius 3 is 2.59 bits per heavy atom. The number of hydrogen-bond acceptors (Lipinski definition) is 5. The van der Waals surface area contributed by atoms with E-state index in [0.717, 1.165) is 12.8 Å². The van der Waals surface area contributed by atoms with Gasteiger partial charge in [-0.25, -0.2) is 0 Å². The van der Waals surface area contributed by atoms with Crippen LogP contribution in [0.25, 0.3) is 0 Å². The van der Waals surface area contributed by atoms with Crippen molar-refractivity contribution in [2.24, 2.45) is 0 Å². The molecule has 1 rings (SSSR count). The van der Waals surface area contributed by atoms with Crippen molar-refractivity contribution in [2.75, 3.05) is 5.32 Å². The Morgan fingerprint density at radius 1 is 1.29 bits per heavy atom. The maximum atomic E-state index is 5.50. The van der Waals surface area contributed by atoms with Crippen molar-refractivity contribution in [1.82, 2.24) is 15.5 Å². The van der Waals surface area contributed by atoms with Gasteiger partial charge in [-0.1, -0.05) is 18.4 Å². The quantitative estimate of drug-likeness (QED) is 0.800. The first-order chi connectivity index (χ1) is 7.90. The van der Waals surface area contributed by atoms with Crippen LogP contribution in [0, 0.1) is 0 Å². The summed E-state index contributed by atoms with van der Waals surface area (Å²) in [5.74, 6) is 0.617. The molecule has 1 atom stereocenters. The second kappa shape index (κ2) is 6.00. The lowest BCUT2D eigenvalue weighted by Gasteiger charge is -2.18. The van der Waals surface area contributed by atoms with Crippen LogP contribution in [0.4, 0.5) is 6.01 Å². The smallest absolute Gasteiger partial charge is 0.315 e. The van der Waals surface area contributed by atoms with Crippen molar-refractivity contribution in [2.45, 2.75) is 65.6 Å². The highest BCUT2D eigenvalue weighted by Gasteiger charge is 2.12. The van der Waals surface area contributed by atoms with E-state index in [0.29, 0.717) is 24.5 Å². The monoisotopic (exact) mass is 240 g/mol. The van der Waals surface area contributed by atoms with Crippen molar-refractivity contribution in [3.8, 4) is 0 Å². The fraction of sp³-hybridized carbons (Fsp3) is 0.833. The highest BCUT2D eigenvalue weighted by atomic mass is 16.4. The lowest BCUT2D eigenvalue weighted by Crippen LogP contribution is -2.35. The molecule has 5 nitrogen and oxygen atoms in total. The Balaban J connectivity index is 2.42. The minimum atomic E-state index is 0.0531. The van der Waals surface area contributed by atoms with Gasteiger partial charge in [0.05, 0.1) is 6.54 Å².